The van der Waals surface area contributed by atoms with Crippen molar-refractivity contribution in [2.24, 2.45) is 0 Å². The van der Waals surface area contributed by atoms with Crippen LogP contribution in [0, 0.1) is 12.7 Å². The second-order valence-corrected chi connectivity index (χ2v) is 10.9. The summed E-state index contributed by atoms with van der Waals surface area (Å²) in [6.07, 6.45) is 5.97. The van der Waals surface area contributed by atoms with Gasteiger partial charge in [-0.05, 0) is 74.4 Å². The lowest BCUT2D eigenvalue weighted by atomic mass is 9.95. The van der Waals surface area contributed by atoms with E-state index in [9.17, 15) is 14.0 Å². The summed E-state index contributed by atoms with van der Waals surface area (Å²) in [5.41, 5.74) is 4.81. The van der Waals surface area contributed by atoms with Crippen LogP contribution in [0.25, 0.3) is 22.2 Å². The van der Waals surface area contributed by atoms with Crippen LogP contribution in [0.3, 0.4) is 0 Å². The molecule has 224 valence electrons. The molecule has 2 aromatic carbocycles. The number of rotatable bonds is 8. The van der Waals surface area contributed by atoms with Crippen LogP contribution < -0.4 is 15.4 Å². The van der Waals surface area contributed by atoms with Crippen molar-refractivity contribution in [3.05, 3.63) is 102 Å². The molecule has 2 amide bonds. The fourth-order valence-corrected chi connectivity index (χ4v) is 5.72. The van der Waals surface area contributed by atoms with Crippen molar-refractivity contribution in [1.82, 2.24) is 30.4 Å². The third kappa shape index (κ3) is 6.13. The van der Waals surface area contributed by atoms with Gasteiger partial charge in [-0.25, -0.2) is 4.39 Å². The maximum atomic E-state index is 15.0. The quantitative estimate of drug-likeness (QED) is 0.234. The van der Waals surface area contributed by atoms with Gasteiger partial charge in [0.25, 0.3) is 5.91 Å². The molecule has 4 heterocycles. The van der Waals surface area contributed by atoms with Crippen molar-refractivity contribution in [2.75, 3.05) is 19.0 Å². The van der Waals surface area contributed by atoms with Crippen molar-refractivity contribution < 1.29 is 18.7 Å². The van der Waals surface area contributed by atoms with Crippen LogP contribution in [0.4, 0.5) is 10.1 Å². The molecule has 3 N–H and O–H groups in total. The SMILES string of the molecule is COc1cccc(F)c1CN1C[C@H](NC(=O)c2ccc3[nH]nc(-c4ccnc(C)c4)c3c2)CC[C@H]1C(=O)Nc1ccncc1. The number of hydrogen-bond acceptors (Lipinski definition) is 7. The zero-order valence-electron chi connectivity index (χ0n) is 24.4. The standard InChI is InChI=1S/C33H32FN7O3/c1-20-16-21(10-15-36-20)31-25-17-22(6-8-28(25)39-40-31)32(42)38-24-7-9-29(33(43)37-23-11-13-35-14-12-23)41(18-24)19-26-27(34)4-3-5-30(26)44-2/h3-6,8,10-17,24,29H,7,9,18-19H2,1-2H3,(H,38,42)(H,39,40)(H,35,37,43)/t24-,29+/m1/s1. The third-order valence-electron chi connectivity index (χ3n) is 7.92. The molecular formula is C33H32FN7O3. The van der Waals surface area contributed by atoms with Gasteiger partial charge in [-0.1, -0.05) is 6.07 Å². The topological polar surface area (TPSA) is 125 Å². The number of aromatic amines is 1. The molecular weight excluding hydrogens is 561 g/mol. The van der Waals surface area contributed by atoms with E-state index in [1.165, 1.54) is 13.2 Å². The van der Waals surface area contributed by atoms with E-state index in [0.29, 0.717) is 42.0 Å². The number of benzene rings is 2. The first kappa shape index (κ1) is 28.9. The van der Waals surface area contributed by atoms with Crippen molar-refractivity contribution >= 4 is 28.4 Å². The van der Waals surface area contributed by atoms with Crippen LogP contribution in [0.15, 0.2) is 79.3 Å². The lowest BCUT2D eigenvalue weighted by Gasteiger charge is -2.39. The highest BCUT2D eigenvalue weighted by Crippen LogP contribution is 2.29. The Morgan fingerprint density at radius 2 is 1.91 bits per heavy atom. The highest BCUT2D eigenvalue weighted by molar-refractivity contribution is 6.01. The molecule has 1 saturated heterocycles. The van der Waals surface area contributed by atoms with Crippen LogP contribution >= 0.6 is 0 Å². The monoisotopic (exact) mass is 593 g/mol. The fraction of sp³-hybridized carbons (Fsp3) is 0.242. The molecule has 3 aromatic heterocycles. The summed E-state index contributed by atoms with van der Waals surface area (Å²) in [5, 5.41) is 14.4. The van der Waals surface area contributed by atoms with E-state index in [0.717, 1.165) is 27.9 Å². The van der Waals surface area contributed by atoms with Crippen LogP contribution in [0.2, 0.25) is 0 Å². The minimum atomic E-state index is -0.547. The Morgan fingerprint density at radius 3 is 2.70 bits per heavy atom. The molecule has 0 saturated carbocycles. The Balaban J connectivity index is 1.23. The number of likely N-dealkylation sites (tertiary alicyclic amines) is 1. The Bertz CT molecular complexity index is 1810. The van der Waals surface area contributed by atoms with Gasteiger partial charge in [0.1, 0.15) is 17.3 Å². The molecule has 1 fully saturated rings. The number of methoxy groups -OCH3 is 1. The lowest BCUT2D eigenvalue weighted by Crippen LogP contribution is -2.55. The first-order chi connectivity index (χ1) is 21.4. The zero-order chi connectivity index (χ0) is 30.6. The van der Waals surface area contributed by atoms with Crippen molar-refractivity contribution in [2.45, 2.75) is 38.4 Å². The molecule has 2 atom stereocenters. The van der Waals surface area contributed by atoms with Crippen LogP contribution in [-0.4, -0.2) is 62.6 Å². The lowest BCUT2D eigenvalue weighted by molar-refractivity contribution is -0.123. The van der Waals surface area contributed by atoms with Crippen molar-refractivity contribution in [1.29, 1.82) is 0 Å². The van der Waals surface area contributed by atoms with Gasteiger partial charge in [0, 0.05) is 71.2 Å². The summed E-state index contributed by atoms with van der Waals surface area (Å²) in [4.78, 5) is 37.1. The van der Waals surface area contributed by atoms with Crippen LogP contribution in [0.1, 0.15) is 34.5 Å². The third-order valence-corrected chi connectivity index (χ3v) is 7.92. The molecule has 0 spiro atoms. The minimum Gasteiger partial charge on any atom is -0.496 e. The number of halogens is 1. The second kappa shape index (κ2) is 12.6. The number of amides is 2. The van der Waals surface area contributed by atoms with Gasteiger partial charge in [0.05, 0.1) is 18.7 Å². The van der Waals surface area contributed by atoms with Gasteiger partial charge in [0.2, 0.25) is 5.91 Å². The number of fused-ring (bicyclic) bond motifs is 1. The molecule has 0 bridgehead atoms. The fourth-order valence-electron chi connectivity index (χ4n) is 5.72. The molecule has 0 unspecified atom stereocenters. The molecule has 5 aromatic rings. The summed E-state index contributed by atoms with van der Waals surface area (Å²) in [7, 11) is 1.49. The van der Waals surface area contributed by atoms with E-state index < -0.39 is 11.9 Å². The summed E-state index contributed by atoms with van der Waals surface area (Å²) in [6.45, 7) is 2.39. The number of aryl methyl sites for hydroxylation is 1. The summed E-state index contributed by atoms with van der Waals surface area (Å²) in [6, 6.07) is 16.5. The number of carbonyl (C=O) groups excluding carboxylic acids is 2. The smallest absolute Gasteiger partial charge is 0.251 e. The van der Waals surface area contributed by atoms with Gasteiger partial charge < -0.3 is 15.4 Å². The number of piperidine rings is 1. The Kier molecular flexibility index (Phi) is 8.29. The van der Waals surface area contributed by atoms with E-state index in [1.807, 2.05) is 36.1 Å². The number of carbonyl (C=O) groups is 2. The van der Waals surface area contributed by atoms with E-state index in [-0.39, 0.29) is 24.4 Å². The maximum absolute atomic E-state index is 15.0. The van der Waals surface area contributed by atoms with E-state index in [1.54, 1.807) is 48.9 Å². The van der Waals surface area contributed by atoms with E-state index in [2.05, 4.69) is 30.8 Å². The molecule has 0 radical (unpaired) electrons. The van der Waals surface area contributed by atoms with Gasteiger partial charge >= 0.3 is 0 Å². The van der Waals surface area contributed by atoms with Gasteiger partial charge in [-0.15, -0.1) is 0 Å². The maximum Gasteiger partial charge on any atom is 0.251 e. The predicted octanol–water partition coefficient (Wildman–Crippen LogP) is 4.88. The van der Waals surface area contributed by atoms with Gasteiger partial charge in [-0.2, -0.15) is 5.10 Å². The normalized spacial score (nSPS) is 16.9. The van der Waals surface area contributed by atoms with Crippen LogP contribution in [-0.2, 0) is 11.3 Å². The summed E-state index contributed by atoms with van der Waals surface area (Å²) >= 11 is 0. The van der Waals surface area contributed by atoms with Gasteiger partial charge in [0.15, 0.2) is 0 Å². The number of anilines is 1. The Hall–Kier alpha value is -5.16. The van der Waals surface area contributed by atoms with Crippen molar-refractivity contribution in [3.63, 3.8) is 0 Å². The molecule has 44 heavy (non-hydrogen) atoms. The molecule has 0 aliphatic carbocycles. The highest BCUT2D eigenvalue weighted by Gasteiger charge is 2.35. The molecule has 11 heteroatoms. The molecule has 10 nitrogen and oxygen atoms in total. The first-order valence-corrected chi connectivity index (χ1v) is 14.4. The zero-order valence-corrected chi connectivity index (χ0v) is 24.4. The molecule has 1 aliphatic rings. The number of nitrogens with zero attached hydrogens (tertiary/aromatic N) is 4. The Morgan fingerprint density at radius 1 is 1.07 bits per heavy atom. The number of H-pyrrole nitrogens is 1. The van der Waals surface area contributed by atoms with Crippen LogP contribution in [0.5, 0.6) is 5.75 Å². The summed E-state index contributed by atoms with van der Waals surface area (Å²) < 4.78 is 20.4. The summed E-state index contributed by atoms with van der Waals surface area (Å²) in [5.74, 6) is -0.464. The highest BCUT2D eigenvalue weighted by atomic mass is 19.1. The Labute approximate surface area is 253 Å². The molecule has 1 aliphatic heterocycles. The molecule has 6 rings (SSSR count). The number of hydrogen-bond donors (Lipinski definition) is 3. The van der Waals surface area contributed by atoms with Gasteiger partial charge in [-0.3, -0.25) is 29.6 Å². The van der Waals surface area contributed by atoms with E-state index in [4.69, 9.17) is 4.74 Å². The average Bonchev–Trinajstić information content (AvgIpc) is 3.46. The number of nitrogens with one attached hydrogen (secondary N) is 3. The minimum absolute atomic E-state index is 0.131. The number of ether oxygens (including phenoxy) is 1. The number of pyridine rings is 2. The largest absolute Gasteiger partial charge is 0.496 e. The first-order valence-electron chi connectivity index (χ1n) is 14.4. The number of aromatic nitrogens is 4. The average molecular weight is 594 g/mol. The van der Waals surface area contributed by atoms with Crippen molar-refractivity contribution in [3.8, 4) is 17.0 Å². The second-order valence-electron chi connectivity index (χ2n) is 10.9. The van der Waals surface area contributed by atoms with E-state index >= 15 is 0 Å². The predicted molar refractivity (Wildman–Crippen MR) is 165 cm³/mol.